The first kappa shape index (κ1) is 10.8. The van der Waals surface area contributed by atoms with E-state index >= 15 is 0 Å². The van der Waals surface area contributed by atoms with Gasteiger partial charge >= 0.3 is 0 Å². The molecular weight excluding hydrogens is 257 g/mol. The predicted molar refractivity (Wildman–Crippen MR) is 70.2 cm³/mol. The van der Waals surface area contributed by atoms with Gasteiger partial charge in [-0.25, -0.2) is 0 Å². The number of anilines is 1. The molecule has 1 heterocycles. The SMILES string of the molecule is Clc1ccc2c(c1)C(Cl)Nc1ccccc1O2. The molecule has 4 heteroatoms. The highest BCUT2D eigenvalue weighted by atomic mass is 35.5. The predicted octanol–water partition coefficient (Wildman–Crippen LogP) is 4.80. The van der Waals surface area contributed by atoms with Crippen LogP contribution < -0.4 is 10.1 Å². The Kier molecular flexibility index (Phi) is 2.61. The molecule has 2 nitrogen and oxygen atoms in total. The number of fused-ring (bicyclic) bond motifs is 2. The first-order valence-corrected chi connectivity index (χ1v) is 6.02. The van der Waals surface area contributed by atoms with Crippen LogP contribution in [0.15, 0.2) is 42.5 Å². The number of nitrogens with one attached hydrogen (secondary N) is 1. The smallest absolute Gasteiger partial charge is 0.150 e. The van der Waals surface area contributed by atoms with E-state index in [9.17, 15) is 0 Å². The molecule has 1 N–H and O–H groups in total. The van der Waals surface area contributed by atoms with Crippen molar-refractivity contribution in [1.82, 2.24) is 0 Å². The van der Waals surface area contributed by atoms with Gasteiger partial charge in [-0.15, -0.1) is 0 Å². The topological polar surface area (TPSA) is 21.3 Å². The summed E-state index contributed by atoms with van der Waals surface area (Å²) >= 11 is 12.3. The fourth-order valence-electron chi connectivity index (χ4n) is 1.82. The van der Waals surface area contributed by atoms with E-state index in [-0.39, 0.29) is 5.50 Å². The van der Waals surface area contributed by atoms with Gasteiger partial charge in [0.15, 0.2) is 5.75 Å². The average Bonchev–Trinajstić information content (AvgIpc) is 2.46. The van der Waals surface area contributed by atoms with Crippen molar-refractivity contribution in [3.63, 3.8) is 0 Å². The summed E-state index contributed by atoms with van der Waals surface area (Å²) in [6, 6.07) is 13.1. The van der Waals surface area contributed by atoms with E-state index < -0.39 is 0 Å². The fraction of sp³-hybridized carbons (Fsp3) is 0.0769. The summed E-state index contributed by atoms with van der Waals surface area (Å²) in [7, 11) is 0. The lowest BCUT2D eigenvalue weighted by molar-refractivity contribution is 0.483. The van der Waals surface area contributed by atoms with Crippen molar-refractivity contribution in [2.75, 3.05) is 5.32 Å². The Hall–Kier alpha value is -1.38. The zero-order valence-corrected chi connectivity index (χ0v) is 10.3. The van der Waals surface area contributed by atoms with Crippen LogP contribution in [0.2, 0.25) is 5.02 Å². The van der Waals surface area contributed by atoms with Gasteiger partial charge in [-0.2, -0.15) is 0 Å². The lowest BCUT2D eigenvalue weighted by Crippen LogP contribution is -2.01. The van der Waals surface area contributed by atoms with E-state index in [1.165, 1.54) is 0 Å². The highest BCUT2D eigenvalue weighted by molar-refractivity contribution is 6.31. The van der Waals surface area contributed by atoms with Crippen molar-refractivity contribution in [3.05, 3.63) is 53.1 Å². The number of hydrogen-bond donors (Lipinski definition) is 1. The number of para-hydroxylation sites is 2. The minimum Gasteiger partial charge on any atom is -0.455 e. The molecule has 2 aromatic carbocycles. The monoisotopic (exact) mass is 265 g/mol. The Balaban J connectivity index is 2.14. The quantitative estimate of drug-likeness (QED) is 0.546. The summed E-state index contributed by atoms with van der Waals surface area (Å²) in [6.07, 6.45) is 0. The third-order valence-corrected chi connectivity index (χ3v) is 3.21. The van der Waals surface area contributed by atoms with Crippen LogP contribution in [0.4, 0.5) is 5.69 Å². The lowest BCUT2D eigenvalue weighted by Gasteiger charge is -2.11. The van der Waals surface area contributed by atoms with Crippen LogP contribution in [0.25, 0.3) is 0 Å². The molecule has 1 unspecified atom stereocenters. The van der Waals surface area contributed by atoms with Crippen molar-refractivity contribution >= 4 is 28.9 Å². The maximum Gasteiger partial charge on any atom is 0.150 e. The van der Waals surface area contributed by atoms with E-state index in [1.54, 1.807) is 6.07 Å². The molecule has 1 aliphatic heterocycles. The molecule has 0 aliphatic carbocycles. The second-order valence-corrected chi connectivity index (χ2v) is 4.66. The van der Waals surface area contributed by atoms with E-state index in [1.807, 2.05) is 36.4 Å². The maximum atomic E-state index is 6.30. The minimum atomic E-state index is -0.354. The van der Waals surface area contributed by atoms with Crippen molar-refractivity contribution in [2.45, 2.75) is 5.50 Å². The summed E-state index contributed by atoms with van der Waals surface area (Å²) in [5.74, 6) is 1.49. The second kappa shape index (κ2) is 4.13. The van der Waals surface area contributed by atoms with Crippen LogP contribution in [0, 0.1) is 0 Å². The lowest BCUT2D eigenvalue weighted by atomic mass is 10.2. The molecule has 0 saturated heterocycles. The third-order valence-electron chi connectivity index (χ3n) is 2.63. The number of benzene rings is 2. The van der Waals surface area contributed by atoms with Crippen molar-refractivity contribution in [2.24, 2.45) is 0 Å². The molecule has 0 spiro atoms. The number of hydrogen-bond acceptors (Lipinski definition) is 2. The molecule has 3 rings (SSSR count). The largest absolute Gasteiger partial charge is 0.455 e. The maximum absolute atomic E-state index is 6.30. The number of rotatable bonds is 0. The number of halogens is 2. The Morgan fingerprint density at radius 2 is 1.88 bits per heavy atom. The molecule has 2 aromatic rings. The van der Waals surface area contributed by atoms with E-state index in [0.29, 0.717) is 5.02 Å². The molecule has 0 bridgehead atoms. The van der Waals surface area contributed by atoms with Crippen molar-refractivity contribution in [1.29, 1.82) is 0 Å². The molecule has 0 aromatic heterocycles. The molecule has 1 aliphatic rings. The van der Waals surface area contributed by atoms with Crippen molar-refractivity contribution in [3.8, 4) is 11.5 Å². The fourth-order valence-corrected chi connectivity index (χ4v) is 2.29. The molecular formula is C13H9Cl2NO. The van der Waals surface area contributed by atoms with Crippen LogP contribution in [-0.2, 0) is 0 Å². The summed E-state index contributed by atoms with van der Waals surface area (Å²) in [5.41, 5.74) is 1.36. The van der Waals surface area contributed by atoms with Crippen LogP contribution >= 0.6 is 23.2 Å². The van der Waals surface area contributed by atoms with E-state index in [4.69, 9.17) is 27.9 Å². The van der Waals surface area contributed by atoms with Crippen LogP contribution in [0.3, 0.4) is 0 Å². The Morgan fingerprint density at radius 3 is 2.76 bits per heavy atom. The van der Waals surface area contributed by atoms with Gasteiger partial charge in [-0.05, 0) is 30.3 Å². The highest BCUT2D eigenvalue weighted by Gasteiger charge is 2.20. The Morgan fingerprint density at radius 1 is 1.06 bits per heavy atom. The van der Waals surface area contributed by atoms with Crippen LogP contribution in [-0.4, -0.2) is 0 Å². The summed E-state index contributed by atoms with van der Waals surface area (Å²) < 4.78 is 5.82. The average molecular weight is 266 g/mol. The van der Waals surface area contributed by atoms with E-state index in [2.05, 4.69) is 5.32 Å². The zero-order chi connectivity index (χ0) is 11.8. The van der Waals surface area contributed by atoms with E-state index in [0.717, 1.165) is 22.7 Å². The van der Waals surface area contributed by atoms with Gasteiger partial charge in [-0.1, -0.05) is 35.3 Å². The van der Waals surface area contributed by atoms with Gasteiger partial charge in [0.1, 0.15) is 11.3 Å². The van der Waals surface area contributed by atoms with Gasteiger partial charge in [-0.3, -0.25) is 0 Å². The van der Waals surface area contributed by atoms with Gasteiger partial charge in [0.05, 0.1) is 5.69 Å². The molecule has 0 saturated carbocycles. The Bertz CT molecular complexity index is 571. The van der Waals surface area contributed by atoms with Gasteiger partial charge in [0.2, 0.25) is 0 Å². The molecule has 0 amide bonds. The van der Waals surface area contributed by atoms with Gasteiger partial charge in [0, 0.05) is 10.6 Å². The van der Waals surface area contributed by atoms with Crippen molar-refractivity contribution < 1.29 is 4.74 Å². The molecule has 0 fully saturated rings. The summed E-state index contributed by atoms with van der Waals surface area (Å²) in [6.45, 7) is 0. The first-order chi connectivity index (χ1) is 8.24. The molecule has 17 heavy (non-hydrogen) atoms. The van der Waals surface area contributed by atoms with Crippen LogP contribution in [0.1, 0.15) is 11.1 Å². The van der Waals surface area contributed by atoms with Crippen LogP contribution in [0.5, 0.6) is 11.5 Å². The normalized spacial score (nSPS) is 17.2. The number of alkyl halides is 1. The minimum absolute atomic E-state index is 0.354. The standard InChI is InChI=1S/C13H9Cl2NO/c14-8-5-6-11-9(7-8)13(15)16-10-3-1-2-4-12(10)17-11/h1-7,13,16H. The molecule has 86 valence electrons. The molecule has 1 atom stereocenters. The second-order valence-electron chi connectivity index (χ2n) is 3.79. The third kappa shape index (κ3) is 1.94. The van der Waals surface area contributed by atoms with Gasteiger partial charge in [0.25, 0.3) is 0 Å². The Labute approximate surface area is 109 Å². The summed E-state index contributed by atoms with van der Waals surface area (Å²) in [4.78, 5) is 0. The van der Waals surface area contributed by atoms with Gasteiger partial charge < -0.3 is 10.1 Å². The molecule has 0 radical (unpaired) electrons. The first-order valence-electron chi connectivity index (χ1n) is 5.21. The highest BCUT2D eigenvalue weighted by Crippen LogP contribution is 2.42. The zero-order valence-electron chi connectivity index (χ0n) is 8.78. The number of ether oxygens (including phenoxy) is 1. The summed E-state index contributed by atoms with van der Waals surface area (Å²) in [5, 5.41) is 3.83.